The van der Waals surface area contributed by atoms with Crippen LogP contribution >= 0.6 is 0 Å². The molecule has 0 spiro atoms. The van der Waals surface area contributed by atoms with Gasteiger partial charge in [0.05, 0.1) is 0 Å². The molecule has 0 fully saturated rings. The van der Waals surface area contributed by atoms with Gasteiger partial charge in [0.15, 0.2) is 0 Å². The van der Waals surface area contributed by atoms with Gasteiger partial charge >= 0.3 is 0 Å². The number of rotatable bonds is 1. The Balaban J connectivity index is 1.82. The van der Waals surface area contributed by atoms with E-state index in [-0.39, 0.29) is 0 Å². The van der Waals surface area contributed by atoms with Gasteiger partial charge in [0.1, 0.15) is 0 Å². The molecule has 0 heteroatoms. The summed E-state index contributed by atoms with van der Waals surface area (Å²) < 4.78 is 0. The molecule has 1 unspecified atom stereocenters. The second-order valence-corrected chi connectivity index (χ2v) is 7.09. The molecule has 0 heterocycles. The van der Waals surface area contributed by atoms with Gasteiger partial charge in [0, 0.05) is 5.92 Å². The number of benzene rings is 3. The summed E-state index contributed by atoms with van der Waals surface area (Å²) in [6.45, 7) is 2.15. The molecule has 2 aliphatic carbocycles. The molecule has 0 nitrogen and oxygen atoms in total. The molecule has 25 heavy (non-hydrogen) atoms. The minimum Gasteiger partial charge on any atom is -0.0836 e. The van der Waals surface area contributed by atoms with Gasteiger partial charge in [-0.15, -0.1) is 0 Å². The zero-order valence-electron chi connectivity index (χ0n) is 14.4. The first-order valence-electron chi connectivity index (χ1n) is 8.98. The van der Waals surface area contributed by atoms with E-state index in [1.165, 1.54) is 43.5 Å². The predicted molar refractivity (Wildman–Crippen MR) is 107 cm³/mol. The molecular weight excluding hydrogens is 300 g/mol. The van der Waals surface area contributed by atoms with Crippen LogP contribution in [-0.2, 0) is 0 Å². The highest BCUT2D eigenvalue weighted by Crippen LogP contribution is 2.35. The summed E-state index contributed by atoms with van der Waals surface area (Å²) in [5.74, 6) is 0.461. The lowest BCUT2D eigenvalue weighted by atomic mass is 9.77. The number of hydrogen-bond acceptors (Lipinski definition) is 0. The van der Waals surface area contributed by atoms with Gasteiger partial charge in [-0.1, -0.05) is 84.5 Å². The summed E-state index contributed by atoms with van der Waals surface area (Å²) in [6, 6.07) is 22.4. The van der Waals surface area contributed by atoms with Gasteiger partial charge in [-0.2, -0.15) is 0 Å². The van der Waals surface area contributed by atoms with Crippen molar-refractivity contribution < 1.29 is 0 Å². The van der Waals surface area contributed by atoms with Crippen LogP contribution in [-0.4, -0.2) is 0 Å². The smallest absolute Gasteiger partial charge is 0.0136 e. The molecule has 0 radical (unpaired) electrons. The van der Waals surface area contributed by atoms with Crippen molar-refractivity contribution in [2.45, 2.75) is 13.3 Å². The highest BCUT2D eigenvalue weighted by molar-refractivity contribution is 5.88. The molecule has 0 aliphatic heterocycles. The van der Waals surface area contributed by atoms with Crippen molar-refractivity contribution in [1.29, 1.82) is 0 Å². The first kappa shape index (κ1) is 14.5. The van der Waals surface area contributed by atoms with Crippen molar-refractivity contribution in [3.8, 4) is 0 Å². The number of fused-ring (bicyclic) bond motifs is 3. The quantitative estimate of drug-likeness (QED) is 0.612. The summed E-state index contributed by atoms with van der Waals surface area (Å²) >= 11 is 0. The zero-order valence-corrected chi connectivity index (χ0v) is 14.4. The minimum absolute atomic E-state index is 0.461. The SMILES string of the molecule is Cc1ccc2cc(C3=c4ccccc4=CC4=CC=CCC43)ccc2c1. The second kappa shape index (κ2) is 5.60. The lowest BCUT2D eigenvalue weighted by Gasteiger charge is -2.26. The van der Waals surface area contributed by atoms with Gasteiger partial charge in [-0.05, 0) is 57.3 Å². The molecule has 0 saturated heterocycles. The summed E-state index contributed by atoms with van der Waals surface area (Å²) in [4.78, 5) is 0. The van der Waals surface area contributed by atoms with Crippen molar-refractivity contribution in [2.75, 3.05) is 0 Å². The van der Waals surface area contributed by atoms with E-state index in [0.717, 1.165) is 6.42 Å². The molecule has 2 aliphatic rings. The Morgan fingerprint density at radius 2 is 1.72 bits per heavy atom. The summed E-state index contributed by atoms with van der Waals surface area (Å²) in [5.41, 5.74) is 5.56. The summed E-state index contributed by atoms with van der Waals surface area (Å²) in [6.07, 6.45) is 10.2. The summed E-state index contributed by atoms with van der Waals surface area (Å²) in [7, 11) is 0. The lowest BCUT2D eigenvalue weighted by Crippen LogP contribution is -2.34. The monoisotopic (exact) mass is 320 g/mol. The first-order chi connectivity index (χ1) is 12.3. The predicted octanol–water partition coefficient (Wildman–Crippen LogP) is 4.64. The van der Waals surface area contributed by atoms with Gasteiger partial charge in [0.2, 0.25) is 0 Å². The van der Waals surface area contributed by atoms with E-state index >= 15 is 0 Å². The molecule has 5 rings (SSSR count). The maximum Gasteiger partial charge on any atom is 0.0136 e. The van der Waals surface area contributed by atoms with Crippen molar-refractivity contribution in [1.82, 2.24) is 0 Å². The van der Waals surface area contributed by atoms with Gasteiger partial charge in [-0.3, -0.25) is 0 Å². The van der Waals surface area contributed by atoms with Crippen molar-refractivity contribution in [3.63, 3.8) is 0 Å². The van der Waals surface area contributed by atoms with Crippen LogP contribution < -0.4 is 10.4 Å². The van der Waals surface area contributed by atoms with E-state index in [1.54, 1.807) is 0 Å². The molecule has 0 bridgehead atoms. The molecule has 3 aromatic rings. The fraction of sp³-hybridized carbons (Fsp3) is 0.120. The lowest BCUT2D eigenvalue weighted by molar-refractivity contribution is 0.804. The van der Waals surface area contributed by atoms with Crippen molar-refractivity contribution in [2.24, 2.45) is 5.92 Å². The molecule has 120 valence electrons. The van der Waals surface area contributed by atoms with Crippen LogP contribution in [0.15, 0.2) is 84.5 Å². The van der Waals surface area contributed by atoms with E-state index in [0.29, 0.717) is 5.92 Å². The summed E-state index contributed by atoms with van der Waals surface area (Å²) in [5, 5.41) is 5.35. The fourth-order valence-electron chi connectivity index (χ4n) is 4.20. The number of allylic oxidation sites excluding steroid dienone is 4. The standard InChI is InChI=1S/C25H20/c1-17-10-11-19-15-22(13-12-18(19)14-17)25-23-8-4-2-6-20(23)16-21-7-3-5-9-24(21)25/h2-8,10-16,24H,9H2,1H3. The Labute approximate surface area is 148 Å². The Morgan fingerprint density at radius 3 is 2.68 bits per heavy atom. The van der Waals surface area contributed by atoms with Crippen LogP contribution in [0.5, 0.6) is 0 Å². The molecule has 1 atom stereocenters. The van der Waals surface area contributed by atoms with E-state index < -0.39 is 0 Å². The topological polar surface area (TPSA) is 0 Å². The maximum atomic E-state index is 2.36. The van der Waals surface area contributed by atoms with Gasteiger partial charge in [0.25, 0.3) is 0 Å². The van der Waals surface area contributed by atoms with Crippen LogP contribution in [0.4, 0.5) is 0 Å². The van der Waals surface area contributed by atoms with Gasteiger partial charge in [-0.25, -0.2) is 0 Å². The van der Waals surface area contributed by atoms with Crippen LogP contribution in [0, 0.1) is 12.8 Å². The van der Waals surface area contributed by atoms with Crippen molar-refractivity contribution >= 4 is 22.4 Å². The average Bonchev–Trinajstić information content (AvgIpc) is 2.65. The minimum atomic E-state index is 0.461. The van der Waals surface area contributed by atoms with Crippen LogP contribution in [0.25, 0.3) is 22.4 Å². The Morgan fingerprint density at radius 1 is 0.880 bits per heavy atom. The zero-order chi connectivity index (χ0) is 16.8. The first-order valence-corrected chi connectivity index (χ1v) is 8.98. The van der Waals surface area contributed by atoms with Crippen LogP contribution in [0.2, 0.25) is 0 Å². The third kappa shape index (κ3) is 2.37. The van der Waals surface area contributed by atoms with E-state index in [9.17, 15) is 0 Å². The maximum absolute atomic E-state index is 2.36. The number of aryl methyl sites for hydroxylation is 1. The second-order valence-electron chi connectivity index (χ2n) is 7.09. The van der Waals surface area contributed by atoms with E-state index in [4.69, 9.17) is 0 Å². The normalized spacial score (nSPS) is 18.4. The molecule has 0 amide bonds. The Bertz CT molecular complexity index is 1170. The molecule has 0 aromatic heterocycles. The molecular formula is C25H20. The van der Waals surface area contributed by atoms with Crippen molar-refractivity contribution in [3.05, 3.63) is 106 Å². The van der Waals surface area contributed by atoms with E-state index in [2.05, 4.69) is 91.9 Å². The van der Waals surface area contributed by atoms with Crippen LogP contribution in [0.3, 0.4) is 0 Å². The fourth-order valence-corrected chi connectivity index (χ4v) is 4.20. The highest BCUT2D eigenvalue weighted by Gasteiger charge is 2.23. The molecule has 3 aromatic carbocycles. The third-order valence-electron chi connectivity index (χ3n) is 5.43. The average molecular weight is 320 g/mol. The van der Waals surface area contributed by atoms with Gasteiger partial charge < -0.3 is 0 Å². The largest absolute Gasteiger partial charge is 0.0836 e. The number of hydrogen-bond donors (Lipinski definition) is 0. The Hall–Kier alpha value is -2.86. The highest BCUT2D eigenvalue weighted by atomic mass is 14.3. The van der Waals surface area contributed by atoms with E-state index in [1.807, 2.05) is 0 Å². The molecule has 0 saturated carbocycles. The third-order valence-corrected chi connectivity index (χ3v) is 5.43. The Kier molecular flexibility index (Phi) is 3.24. The van der Waals surface area contributed by atoms with Crippen LogP contribution in [0.1, 0.15) is 17.5 Å². The molecule has 0 N–H and O–H groups in total.